The Balaban J connectivity index is 0.00000280. The molecule has 28 heavy (non-hydrogen) atoms. The molecule has 0 saturated heterocycles. The van der Waals surface area contributed by atoms with Crippen molar-refractivity contribution in [2.75, 3.05) is 26.9 Å². The Bertz CT molecular complexity index is 1080. The second-order valence-corrected chi connectivity index (χ2v) is 7.06. The molecule has 0 aliphatic heterocycles. The molecule has 9 heteroatoms. The zero-order valence-corrected chi connectivity index (χ0v) is 16.4. The molecule has 0 bridgehead atoms. The number of nitro benzene ring substituents is 1. The van der Waals surface area contributed by atoms with Gasteiger partial charge in [0.1, 0.15) is 11.4 Å². The van der Waals surface area contributed by atoms with Gasteiger partial charge in [0.2, 0.25) is 0 Å². The maximum Gasteiger partial charge on any atom is 0.298 e. The lowest BCUT2D eigenvalue weighted by Crippen LogP contribution is -3.00. The Hall–Kier alpha value is -3.23. The molecule has 0 aliphatic rings. The number of hydrogen-bond acceptors (Lipinski definition) is 6. The number of nitrogens with two attached hydrogens (primary N) is 1. The van der Waals surface area contributed by atoms with E-state index in [2.05, 4.69) is 10.2 Å². The van der Waals surface area contributed by atoms with Gasteiger partial charge in [-0.05, 0) is 35.7 Å². The smallest absolute Gasteiger partial charge is 0.298 e. The van der Waals surface area contributed by atoms with Crippen LogP contribution < -0.4 is 22.6 Å². The van der Waals surface area contributed by atoms with Crippen LogP contribution in [0.3, 0.4) is 0 Å². The summed E-state index contributed by atoms with van der Waals surface area (Å²) in [5.74, 6) is -0.0235. The van der Waals surface area contributed by atoms with E-state index in [0.717, 1.165) is 11.1 Å². The van der Waals surface area contributed by atoms with Crippen LogP contribution in [-0.2, 0) is 0 Å². The van der Waals surface area contributed by atoms with Gasteiger partial charge in [-0.1, -0.05) is 6.07 Å². The highest BCUT2D eigenvalue weighted by Gasteiger charge is 2.16. The highest BCUT2D eigenvalue weighted by molar-refractivity contribution is 5.94. The Morgan fingerprint density at radius 1 is 1.00 bits per heavy atom. The largest absolute Gasteiger partial charge is 1.00 e. The first-order valence-corrected chi connectivity index (χ1v) is 8.20. The SMILES string of the molecule is C[N+](C)(C)c1ccc2ccc(N=Nc3ccc(N)cc3[N+](=O)[O-])c(O)c2c1.[Cl-]. The molecule has 0 fully saturated rings. The third-order valence-electron chi connectivity index (χ3n) is 4.19. The molecule has 0 heterocycles. The Morgan fingerprint density at radius 3 is 2.25 bits per heavy atom. The maximum absolute atomic E-state index is 11.2. The number of benzene rings is 3. The minimum atomic E-state index is -0.571. The van der Waals surface area contributed by atoms with Gasteiger partial charge in [-0.2, -0.15) is 0 Å². The molecule has 3 aromatic carbocycles. The van der Waals surface area contributed by atoms with Crippen molar-refractivity contribution in [2.45, 2.75) is 0 Å². The van der Waals surface area contributed by atoms with Crippen molar-refractivity contribution in [3.63, 3.8) is 0 Å². The summed E-state index contributed by atoms with van der Waals surface area (Å²) in [6.45, 7) is 0. The molecule has 0 unspecified atom stereocenters. The van der Waals surface area contributed by atoms with E-state index in [0.29, 0.717) is 9.87 Å². The second kappa shape index (κ2) is 7.79. The Kier molecular flexibility index (Phi) is 5.86. The van der Waals surface area contributed by atoms with Crippen molar-refractivity contribution in [3.8, 4) is 5.75 Å². The summed E-state index contributed by atoms with van der Waals surface area (Å²) in [6, 6.07) is 13.4. The van der Waals surface area contributed by atoms with Crippen LogP contribution in [0.2, 0.25) is 0 Å². The van der Waals surface area contributed by atoms with Crippen LogP contribution in [0.5, 0.6) is 5.75 Å². The first-order chi connectivity index (χ1) is 12.7. The molecule has 3 N–H and O–H groups in total. The van der Waals surface area contributed by atoms with Gasteiger partial charge in [0.25, 0.3) is 5.69 Å². The lowest BCUT2D eigenvalue weighted by atomic mass is 10.1. The summed E-state index contributed by atoms with van der Waals surface area (Å²) >= 11 is 0. The topological polar surface area (TPSA) is 114 Å². The van der Waals surface area contributed by atoms with Crippen LogP contribution in [0.25, 0.3) is 10.8 Å². The predicted octanol–water partition coefficient (Wildman–Crippen LogP) is 1.65. The van der Waals surface area contributed by atoms with Gasteiger partial charge < -0.3 is 23.2 Å². The van der Waals surface area contributed by atoms with Crippen LogP contribution in [0.4, 0.5) is 28.4 Å². The minimum Gasteiger partial charge on any atom is -1.00 e. The van der Waals surface area contributed by atoms with E-state index < -0.39 is 4.92 Å². The fraction of sp³-hybridized carbons (Fsp3) is 0.158. The number of aromatic hydroxyl groups is 1. The molecule has 0 atom stereocenters. The number of nitro groups is 1. The number of anilines is 1. The van der Waals surface area contributed by atoms with E-state index in [-0.39, 0.29) is 40.9 Å². The number of azo groups is 1. The van der Waals surface area contributed by atoms with Crippen molar-refractivity contribution in [3.05, 3.63) is 58.6 Å². The molecule has 0 radical (unpaired) electrons. The highest BCUT2D eigenvalue weighted by atomic mass is 35.5. The summed E-state index contributed by atoms with van der Waals surface area (Å²) in [4.78, 5) is 10.6. The number of quaternary nitrogens is 1. The van der Waals surface area contributed by atoms with Gasteiger partial charge in [-0.3, -0.25) is 14.6 Å². The first kappa shape index (κ1) is 21.1. The van der Waals surface area contributed by atoms with Gasteiger partial charge in [0.05, 0.1) is 26.1 Å². The number of fused-ring (bicyclic) bond motifs is 1. The number of phenolic OH excluding ortho intramolecular Hbond substituents is 1. The number of nitrogen functional groups attached to an aromatic ring is 1. The molecule has 0 saturated carbocycles. The van der Waals surface area contributed by atoms with E-state index in [1.807, 2.05) is 45.4 Å². The molecule has 146 valence electrons. The van der Waals surface area contributed by atoms with E-state index >= 15 is 0 Å². The zero-order valence-electron chi connectivity index (χ0n) is 15.6. The van der Waals surface area contributed by atoms with Crippen molar-refractivity contribution in [1.29, 1.82) is 0 Å². The van der Waals surface area contributed by atoms with E-state index in [4.69, 9.17) is 5.73 Å². The molecular formula is C19H20ClN5O3. The van der Waals surface area contributed by atoms with Gasteiger partial charge in [-0.15, -0.1) is 10.2 Å². The monoisotopic (exact) mass is 401 g/mol. The molecule has 0 aromatic heterocycles. The van der Waals surface area contributed by atoms with Crippen LogP contribution in [-0.4, -0.2) is 31.2 Å². The number of nitrogens with zero attached hydrogens (tertiary/aromatic N) is 4. The summed E-state index contributed by atoms with van der Waals surface area (Å²) in [5, 5.41) is 31.2. The first-order valence-electron chi connectivity index (χ1n) is 8.20. The maximum atomic E-state index is 11.2. The molecule has 0 spiro atoms. The number of phenols is 1. The summed E-state index contributed by atoms with van der Waals surface area (Å²) < 4.78 is 0.596. The third-order valence-corrected chi connectivity index (χ3v) is 4.19. The van der Waals surface area contributed by atoms with Gasteiger partial charge >= 0.3 is 0 Å². The van der Waals surface area contributed by atoms with Crippen molar-refractivity contribution in [2.24, 2.45) is 10.2 Å². The molecular weight excluding hydrogens is 382 g/mol. The standard InChI is InChI=1S/C19H19N5O3.ClH/c1-24(2,3)14-7-4-12-5-8-17(19(25)15(12)11-14)22-21-16-9-6-13(20)10-18(16)23(26)27;/h4-11H,1-3H3,(H2-,20,21,22,25);1H. The molecule has 3 aromatic rings. The highest BCUT2D eigenvalue weighted by Crippen LogP contribution is 2.38. The number of hydrogen-bond donors (Lipinski definition) is 2. The summed E-state index contributed by atoms with van der Waals surface area (Å²) in [6.07, 6.45) is 0. The third kappa shape index (κ3) is 4.19. The Labute approximate surface area is 168 Å². The van der Waals surface area contributed by atoms with E-state index in [1.165, 1.54) is 18.2 Å². The van der Waals surface area contributed by atoms with Crippen molar-refractivity contribution < 1.29 is 22.4 Å². The fourth-order valence-electron chi connectivity index (χ4n) is 2.66. The van der Waals surface area contributed by atoms with E-state index in [1.54, 1.807) is 6.07 Å². The van der Waals surface area contributed by atoms with Crippen LogP contribution in [0.15, 0.2) is 58.8 Å². The van der Waals surface area contributed by atoms with Crippen molar-refractivity contribution in [1.82, 2.24) is 4.48 Å². The van der Waals surface area contributed by atoms with Crippen LogP contribution >= 0.6 is 0 Å². The Morgan fingerprint density at radius 2 is 1.61 bits per heavy atom. The molecule has 0 amide bonds. The second-order valence-electron chi connectivity index (χ2n) is 7.06. The molecule has 8 nitrogen and oxygen atoms in total. The minimum absolute atomic E-state index is 0. The van der Waals surface area contributed by atoms with Crippen molar-refractivity contribution >= 4 is 39.2 Å². The van der Waals surface area contributed by atoms with Gasteiger partial charge in [0, 0.05) is 23.2 Å². The number of halogens is 1. The fourth-order valence-corrected chi connectivity index (χ4v) is 2.66. The quantitative estimate of drug-likeness (QED) is 0.227. The van der Waals surface area contributed by atoms with Crippen LogP contribution in [0.1, 0.15) is 0 Å². The van der Waals surface area contributed by atoms with E-state index in [9.17, 15) is 15.2 Å². The van der Waals surface area contributed by atoms with Gasteiger partial charge in [0.15, 0.2) is 11.4 Å². The number of rotatable bonds is 4. The average Bonchev–Trinajstić information content (AvgIpc) is 2.61. The average molecular weight is 402 g/mol. The lowest BCUT2D eigenvalue weighted by Gasteiger charge is -2.23. The zero-order chi connectivity index (χ0) is 19.8. The summed E-state index contributed by atoms with van der Waals surface area (Å²) in [5.41, 5.74) is 6.92. The summed E-state index contributed by atoms with van der Waals surface area (Å²) in [7, 11) is 6.09. The van der Waals surface area contributed by atoms with Gasteiger partial charge in [-0.25, -0.2) is 0 Å². The predicted molar refractivity (Wildman–Crippen MR) is 107 cm³/mol. The lowest BCUT2D eigenvalue weighted by molar-refractivity contribution is -0.384. The van der Waals surface area contributed by atoms with Crippen LogP contribution in [0, 0.1) is 10.1 Å². The molecule has 3 rings (SSSR count). The molecule has 0 aliphatic carbocycles. The normalized spacial score (nSPS) is 11.5.